The number of carboxylic acids is 1. The second kappa shape index (κ2) is 9.17. The predicted octanol–water partition coefficient (Wildman–Crippen LogP) is 0.783. The Labute approximate surface area is 119 Å². The quantitative estimate of drug-likeness (QED) is 0.581. The number of unbranched alkanes of at least 4 members (excludes halogenated alkanes) is 1. The highest BCUT2D eigenvalue weighted by molar-refractivity contribution is 5.86. The number of hydrogen-bond donors (Lipinski definition) is 3. The van der Waals surface area contributed by atoms with E-state index in [1.54, 1.807) is 0 Å². The van der Waals surface area contributed by atoms with Crippen molar-refractivity contribution in [2.75, 3.05) is 13.1 Å². The van der Waals surface area contributed by atoms with Gasteiger partial charge in [-0.05, 0) is 18.8 Å². The molecule has 0 heterocycles. The van der Waals surface area contributed by atoms with Crippen LogP contribution in [-0.4, -0.2) is 47.0 Å². The van der Waals surface area contributed by atoms with Crippen LogP contribution >= 0.6 is 0 Å². The van der Waals surface area contributed by atoms with Gasteiger partial charge in [-0.15, -0.1) is 0 Å². The first-order valence-electron chi connectivity index (χ1n) is 6.84. The maximum absolute atomic E-state index is 12.0. The number of hydrogen-bond acceptors (Lipinski definition) is 3. The van der Waals surface area contributed by atoms with Crippen molar-refractivity contribution in [1.82, 2.24) is 10.2 Å². The van der Waals surface area contributed by atoms with Gasteiger partial charge in [0.1, 0.15) is 12.6 Å². The lowest BCUT2D eigenvalue weighted by Gasteiger charge is -2.24. The number of amides is 3. The zero-order chi connectivity index (χ0) is 15.7. The minimum absolute atomic E-state index is 0.136. The van der Waals surface area contributed by atoms with E-state index in [0.717, 1.165) is 12.8 Å². The van der Waals surface area contributed by atoms with Crippen LogP contribution in [0.1, 0.15) is 40.0 Å². The molecule has 0 aromatic heterocycles. The number of primary amides is 1. The van der Waals surface area contributed by atoms with Gasteiger partial charge in [0.15, 0.2) is 0 Å². The number of nitrogens with zero attached hydrogens (tertiary/aromatic N) is 1. The molecule has 7 heteroatoms. The van der Waals surface area contributed by atoms with E-state index in [1.165, 1.54) is 4.90 Å². The third kappa shape index (κ3) is 7.60. The Kier molecular flexibility index (Phi) is 8.35. The summed E-state index contributed by atoms with van der Waals surface area (Å²) in [6.07, 6.45) is 1.92. The van der Waals surface area contributed by atoms with Gasteiger partial charge in [-0.1, -0.05) is 27.2 Å². The van der Waals surface area contributed by atoms with Crippen LogP contribution in [0.15, 0.2) is 0 Å². The number of carboxylic acid groups (broad SMARTS) is 1. The first kappa shape index (κ1) is 18.2. The van der Waals surface area contributed by atoms with Crippen LogP contribution < -0.4 is 11.1 Å². The van der Waals surface area contributed by atoms with E-state index in [-0.39, 0.29) is 12.5 Å². The number of carbonyl (C=O) groups excluding carboxylic acids is 2. The molecule has 0 aliphatic rings. The Morgan fingerprint density at radius 3 is 2.30 bits per heavy atom. The number of urea groups is 1. The Hall–Kier alpha value is -1.79. The van der Waals surface area contributed by atoms with Crippen LogP contribution in [0.25, 0.3) is 0 Å². The lowest BCUT2D eigenvalue weighted by atomic mass is 10.0. The van der Waals surface area contributed by atoms with Gasteiger partial charge in [0.05, 0.1) is 0 Å². The smallest absolute Gasteiger partial charge is 0.326 e. The third-order valence-corrected chi connectivity index (χ3v) is 2.72. The second-order valence-corrected chi connectivity index (χ2v) is 5.21. The van der Waals surface area contributed by atoms with E-state index in [9.17, 15) is 14.4 Å². The van der Waals surface area contributed by atoms with Gasteiger partial charge in [-0.2, -0.15) is 0 Å². The van der Waals surface area contributed by atoms with Gasteiger partial charge >= 0.3 is 12.0 Å². The zero-order valence-corrected chi connectivity index (χ0v) is 12.4. The SMILES string of the molecule is CCCCN(CC(N)=O)C(=O)N[C@@H](CC(C)C)C(=O)O. The van der Waals surface area contributed by atoms with E-state index < -0.39 is 23.9 Å². The number of rotatable bonds is 9. The fraction of sp³-hybridized carbons (Fsp3) is 0.769. The molecule has 0 aromatic carbocycles. The third-order valence-electron chi connectivity index (χ3n) is 2.72. The topological polar surface area (TPSA) is 113 Å². The number of nitrogens with two attached hydrogens (primary N) is 1. The molecule has 7 nitrogen and oxygen atoms in total. The largest absolute Gasteiger partial charge is 0.480 e. The maximum Gasteiger partial charge on any atom is 0.326 e. The van der Waals surface area contributed by atoms with Gasteiger partial charge < -0.3 is 21.1 Å². The summed E-state index contributed by atoms with van der Waals surface area (Å²) < 4.78 is 0. The molecule has 1 atom stereocenters. The van der Waals surface area contributed by atoms with Crippen LogP contribution in [0.2, 0.25) is 0 Å². The number of aliphatic carboxylic acids is 1. The van der Waals surface area contributed by atoms with E-state index in [2.05, 4.69) is 5.32 Å². The molecule has 0 spiro atoms. The monoisotopic (exact) mass is 287 g/mol. The standard InChI is InChI=1S/C13H25N3O4/c1-4-5-6-16(8-11(14)17)13(20)15-10(12(18)19)7-9(2)3/h9-10H,4-8H2,1-3H3,(H2,14,17)(H,15,20)(H,18,19)/t10-/m0/s1. The molecule has 3 amide bonds. The molecule has 0 rings (SSSR count). The Bertz CT molecular complexity index is 345. The summed E-state index contributed by atoms with van der Waals surface area (Å²) in [5, 5.41) is 11.5. The minimum Gasteiger partial charge on any atom is -0.480 e. The Balaban J connectivity index is 4.68. The highest BCUT2D eigenvalue weighted by atomic mass is 16.4. The van der Waals surface area contributed by atoms with Crippen LogP contribution in [0.3, 0.4) is 0 Å². The van der Waals surface area contributed by atoms with E-state index >= 15 is 0 Å². The summed E-state index contributed by atoms with van der Waals surface area (Å²) in [4.78, 5) is 35.3. The minimum atomic E-state index is -1.08. The Morgan fingerprint density at radius 1 is 1.30 bits per heavy atom. The highest BCUT2D eigenvalue weighted by Crippen LogP contribution is 2.06. The molecule has 20 heavy (non-hydrogen) atoms. The van der Waals surface area contributed by atoms with Crippen molar-refractivity contribution in [2.24, 2.45) is 11.7 Å². The molecule has 0 aromatic rings. The van der Waals surface area contributed by atoms with Crippen molar-refractivity contribution in [1.29, 1.82) is 0 Å². The predicted molar refractivity (Wildman–Crippen MR) is 75.1 cm³/mol. The molecular formula is C13H25N3O4. The summed E-state index contributed by atoms with van der Waals surface area (Å²) in [6, 6.07) is -1.52. The van der Waals surface area contributed by atoms with Crippen LogP contribution in [0, 0.1) is 5.92 Å². The van der Waals surface area contributed by atoms with E-state index in [1.807, 2.05) is 20.8 Å². The summed E-state index contributed by atoms with van der Waals surface area (Å²) in [7, 11) is 0. The van der Waals surface area contributed by atoms with Gasteiger partial charge in [0, 0.05) is 6.54 Å². The normalized spacial score (nSPS) is 12.0. The van der Waals surface area contributed by atoms with Gasteiger partial charge in [-0.25, -0.2) is 9.59 Å². The molecule has 0 aliphatic heterocycles. The van der Waals surface area contributed by atoms with Crippen molar-refractivity contribution < 1.29 is 19.5 Å². The zero-order valence-electron chi connectivity index (χ0n) is 12.4. The Morgan fingerprint density at radius 2 is 1.90 bits per heavy atom. The molecule has 0 bridgehead atoms. The van der Waals surface area contributed by atoms with Crippen molar-refractivity contribution in [2.45, 2.75) is 46.1 Å². The average molecular weight is 287 g/mol. The molecule has 0 unspecified atom stereocenters. The number of carbonyl (C=O) groups is 3. The van der Waals surface area contributed by atoms with Crippen LogP contribution in [0.4, 0.5) is 4.79 Å². The molecule has 0 saturated heterocycles. The van der Waals surface area contributed by atoms with Gasteiger partial charge in [0.25, 0.3) is 0 Å². The molecule has 0 aliphatic carbocycles. The molecule has 116 valence electrons. The lowest BCUT2D eigenvalue weighted by molar-refractivity contribution is -0.139. The number of nitrogens with one attached hydrogen (secondary N) is 1. The summed E-state index contributed by atoms with van der Waals surface area (Å²) in [5.41, 5.74) is 5.10. The fourth-order valence-corrected chi connectivity index (χ4v) is 1.72. The van der Waals surface area contributed by atoms with Crippen molar-refractivity contribution in [3.63, 3.8) is 0 Å². The van der Waals surface area contributed by atoms with Crippen molar-refractivity contribution in [3.8, 4) is 0 Å². The lowest BCUT2D eigenvalue weighted by Crippen LogP contribution is -2.50. The highest BCUT2D eigenvalue weighted by Gasteiger charge is 2.24. The van der Waals surface area contributed by atoms with Crippen molar-refractivity contribution >= 4 is 17.9 Å². The van der Waals surface area contributed by atoms with Crippen molar-refractivity contribution in [3.05, 3.63) is 0 Å². The van der Waals surface area contributed by atoms with E-state index in [4.69, 9.17) is 10.8 Å². The molecule has 0 saturated carbocycles. The van der Waals surface area contributed by atoms with Gasteiger partial charge in [-0.3, -0.25) is 4.79 Å². The first-order chi connectivity index (χ1) is 9.27. The van der Waals surface area contributed by atoms with Gasteiger partial charge in [0.2, 0.25) is 5.91 Å². The first-order valence-corrected chi connectivity index (χ1v) is 6.84. The maximum atomic E-state index is 12.0. The van der Waals surface area contributed by atoms with Crippen LogP contribution in [0.5, 0.6) is 0 Å². The molecule has 0 fully saturated rings. The molecule has 4 N–H and O–H groups in total. The summed E-state index contributed by atoms with van der Waals surface area (Å²) in [5.74, 6) is -1.56. The summed E-state index contributed by atoms with van der Waals surface area (Å²) in [6.45, 7) is 5.87. The second-order valence-electron chi connectivity index (χ2n) is 5.21. The van der Waals surface area contributed by atoms with E-state index in [0.29, 0.717) is 13.0 Å². The summed E-state index contributed by atoms with van der Waals surface area (Å²) >= 11 is 0. The van der Waals surface area contributed by atoms with Crippen LogP contribution in [-0.2, 0) is 9.59 Å². The average Bonchev–Trinajstić information content (AvgIpc) is 2.32. The molecular weight excluding hydrogens is 262 g/mol. The fourth-order valence-electron chi connectivity index (χ4n) is 1.72. The molecule has 0 radical (unpaired) electrons.